The average Bonchev–Trinajstić information content (AvgIpc) is 2.62. The molecule has 0 radical (unpaired) electrons. The summed E-state index contributed by atoms with van der Waals surface area (Å²) in [5, 5.41) is 40.9. The zero-order valence-corrected chi connectivity index (χ0v) is 17.9. The van der Waals surface area contributed by atoms with Crippen LogP contribution < -0.4 is 10.6 Å². The lowest BCUT2D eigenvalue weighted by Gasteiger charge is -2.10. The molecule has 30 heavy (non-hydrogen) atoms. The summed E-state index contributed by atoms with van der Waals surface area (Å²) in [6.45, 7) is 9.06. The largest absolute Gasteiger partial charge is 0.508 e. The zero-order valence-electron chi connectivity index (χ0n) is 17.9. The third-order valence-electron chi connectivity index (χ3n) is 3.58. The molecular formula is C22H32N2O6. The first-order chi connectivity index (χ1) is 14.0. The van der Waals surface area contributed by atoms with E-state index in [0.29, 0.717) is 24.6 Å². The molecule has 0 heterocycles. The van der Waals surface area contributed by atoms with Gasteiger partial charge in [0.05, 0.1) is 0 Å². The number of phenolic OH excluding ortho intramolecular Hbond substituents is 2. The van der Waals surface area contributed by atoms with Gasteiger partial charge in [-0.05, 0) is 26.0 Å². The van der Waals surface area contributed by atoms with Gasteiger partial charge in [-0.1, -0.05) is 35.4 Å². The van der Waals surface area contributed by atoms with Gasteiger partial charge < -0.3 is 31.1 Å². The van der Waals surface area contributed by atoms with Crippen molar-refractivity contribution in [3.63, 3.8) is 0 Å². The van der Waals surface area contributed by atoms with Crippen molar-refractivity contribution in [1.29, 1.82) is 0 Å². The van der Waals surface area contributed by atoms with E-state index in [4.69, 9.17) is 19.8 Å². The summed E-state index contributed by atoms with van der Waals surface area (Å²) in [6.07, 6.45) is 0. The fourth-order valence-corrected chi connectivity index (χ4v) is 2.33. The van der Waals surface area contributed by atoms with E-state index >= 15 is 0 Å². The van der Waals surface area contributed by atoms with Gasteiger partial charge in [0.25, 0.3) is 11.9 Å². The highest BCUT2D eigenvalue weighted by molar-refractivity contribution is 5.63. The minimum Gasteiger partial charge on any atom is -0.508 e. The molecule has 0 amide bonds. The average molecular weight is 421 g/mol. The van der Waals surface area contributed by atoms with Crippen molar-refractivity contribution >= 4 is 11.9 Å². The number of aryl methyl sites for hydroxylation is 2. The van der Waals surface area contributed by atoms with Crippen LogP contribution in [0.25, 0.3) is 0 Å². The molecule has 6 N–H and O–H groups in total. The van der Waals surface area contributed by atoms with Gasteiger partial charge in [0.2, 0.25) is 0 Å². The van der Waals surface area contributed by atoms with Crippen molar-refractivity contribution in [2.75, 3.05) is 13.1 Å². The van der Waals surface area contributed by atoms with Crippen LogP contribution in [0.3, 0.4) is 0 Å². The maximum absolute atomic E-state index is 9.76. The predicted molar refractivity (Wildman–Crippen MR) is 116 cm³/mol. The van der Waals surface area contributed by atoms with Crippen LogP contribution in [0.2, 0.25) is 0 Å². The second kappa shape index (κ2) is 14.8. The summed E-state index contributed by atoms with van der Waals surface area (Å²) in [6, 6.07) is 11.2. The normalized spacial score (nSPS) is 9.60. The van der Waals surface area contributed by atoms with E-state index in [1.807, 2.05) is 38.1 Å². The second-order valence-corrected chi connectivity index (χ2v) is 6.66. The predicted octanol–water partition coefficient (Wildman–Crippen LogP) is 2.78. The first-order valence-electron chi connectivity index (χ1n) is 9.40. The van der Waals surface area contributed by atoms with Crippen molar-refractivity contribution in [3.8, 4) is 11.5 Å². The molecular weight excluding hydrogens is 388 g/mol. The van der Waals surface area contributed by atoms with Crippen LogP contribution in [0.4, 0.5) is 0 Å². The summed E-state index contributed by atoms with van der Waals surface area (Å²) >= 11 is 0. The van der Waals surface area contributed by atoms with Crippen LogP contribution in [0.1, 0.15) is 36.1 Å². The Morgan fingerprint density at radius 2 is 1.03 bits per heavy atom. The molecule has 2 aromatic rings. The molecule has 166 valence electrons. The molecule has 0 atom stereocenters. The molecule has 0 unspecified atom stereocenters. The molecule has 8 heteroatoms. The maximum Gasteiger partial charge on any atom is 0.300 e. The van der Waals surface area contributed by atoms with Crippen LogP contribution in [-0.4, -0.2) is 45.5 Å². The molecule has 2 rings (SSSR count). The number of rotatable bonds is 7. The number of aliphatic carboxylic acids is 2. The Morgan fingerprint density at radius 1 is 0.733 bits per heavy atom. The number of phenols is 2. The lowest BCUT2D eigenvalue weighted by molar-refractivity contribution is -0.135. The number of carboxylic acid groups (broad SMARTS) is 2. The Balaban J connectivity index is 0.000000901. The van der Waals surface area contributed by atoms with Gasteiger partial charge in [-0.2, -0.15) is 0 Å². The third-order valence-corrected chi connectivity index (χ3v) is 3.58. The molecule has 0 aliphatic heterocycles. The van der Waals surface area contributed by atoms with Crippen molar-refractivity contribution < 1.29 is 30.0 Å². The van der Waals surface area contributed by atoms with Gasteiger partial charge in [0, 0.05) is 51.2 Å². The lowest BCUT2D eigenvalue weighted by Crippen LogP contribution is -2.26. The van der Waals surface area contributed by atoms with Crippen molar-refractivity contribution in [2.45, 2.75) is 40.8 Å². The van der Waals surface area contributed by atoms with E-state index in [1.165, 1.54) is 0 Å². The van der Waals surface area contributed by atoms with E-state index in [-0.39, 0.29) is 0 Å². The SMILES string of the molecule is CC(=O)O.CC(=O)O.Cc1ccc(O)c(CNCCNCc2cc(C)ccc2O)c1. The minimum atomic E-state index is -0.833. The van der Waals surface area contributed by atoms with Crippen LogP contribution in [0.15, 0.2) is 36.4 Å². The van der Waals surface area contributed by atoms with E-state index in [9.17, 15) is 10.2 Å². The molecule has 0 spiro atoms. The van der Waals surface area contributed by atoms with Crippen molar-refractivity contribution in [2.24, 2.45) is 0 Å². The Hall–Kier alpha value is -3.10. The van der Waals surface area contributed by atoms with Gasteiger partial charge >= 0.3 is 0 Å². The van der Waals surface area contributed by atoms with E-state index in [1.54, 1.807) is 12.1 Å². The van der Waals surface area contributed by atoms with Gasteiger partial charge in [0.15, 0.2) is 0 Å². The molecule has 0 saturated heterocycles. The summed E-state index contributed by atoms with van der Waals surface area (Å²) in [7, 11) is 0. The number of carboxylic acids is 2. The first-order valence-corrected chi connectivity index (χ1v) is 9.40. The first kappa shape index (κ1) is 26.9. The van der Waals surface area contributed by atoms with Crippen LogP contribution >= 0.6 is 0 Å². The van der Waals surface area contributed by atoms with Crippen molar-refractivity contribution in [1.82, 2.24) is 10.6 Å². The summed E-state index contributed by atoms with van der Waals surface area (Å²) in [4.78, 5) is 18.0. The zero-order chi connectivity index (χ0) is 23.1. The quantitative estimate of drug-likeness (QED) is 0.376. The highest BCUT2D eigenvalue weighted by Crippen LogP contribution is 2.18. The summed E-state index contributed by atoms with van der Waals surface area (Å²) in [5.41, 5.74) is 4.11. The van der Waals surface area contributed by atoms with E-state index in [2.05, 4.69) is 10.6 Å². The topological polar surface area (TPSA) is 139 Å². The number of carbonyl (C=O) groups is 2. The van der Waals surface area contributed by atoms with E-state index in [0.717, 1.165) is 49.2 Å². The van der Waals surface area contributed by atoms with Gasteiger partial charge in [-0.25, -0.2) is 0 Å². The highest BCUT2D eigenvalue weighted by atomic mass is 16.4. The van der Waals surface area contributed by atoms with Gasteiger partial charge in [-0.15, -0.1) is 0 Å². The number of hydrogen-bond donors (Lipinski definition) is 6. The monoisotopic (exact) mass is 420 g/mol. The Morgan fingerprint density at radius 3 is 1.33 bits per heavy atom. The highest BCUT2D eigenvalue weighted by Gasteiger charge is 2.02. The van der Waals surface area contributed by atoms with Crippen LogP contribution in [0.5, 0.6) is 11.5 Å². The molecule has 8 nitrogen and oxygen atoms in total. The molecule has 0 aliphatic rings. The smallest absolute Gasteiger partial charge is 0.300 e. The van der Waals surface area contributed by atoms with Gasteiger partial charge in [0.1, 0.15) is 11.5 Å². The number of benzene rings is 2. The Labute approximate surface area is 177 Å². The molecule has 2 aromatic carbocycles. The molecule has 0 bridgehead atoms. The fraction of sp³-hybridized carbons (Fsp3) is 0.364. The minimum absolute atomic E-state index is 0.329. The molecule has 0 saturated carbocycles. The van der Waals surface area contributed by atoms with Crippen LogP contribution in [-0.2, 0) is 22.7 Å². The standard InChI is InChI=1S/C18H24N2O2.2C2H4O2/c1-13-3-5-17(21)15(9-13)11-19-7-8-20-12-16-10-14(2)4-6-18(16)22;2*1-2(3)4/h3-6,9-10,19-22H,7-8,11-12H2,1-2H3;2*1H3,(H,3,4). The molecule has 0 aliphatic carbocycles. The second-order valence-electron chi connectivity index (χ2n) is 6.66. The Bertz CT molecular complexity index is 733. The summed E-state index contributed by atoms with van der Waals surface area (Å²) < 4.78 is 0. The number of hydrogen-bond acceptors (Lipinski definition) is 6. The van der Waals surface area contributed by atoms with Gasteiger partial charge in [-0.3, -0.25) is 9.59 Å². The fourth-order valence-electron chi connectivity index (χ4n) is 2.33. The van der Waals surface area contributed by atoms with E-state index < -0.39 is 11.9 Å². The number of aromatic hydroxyl groups is 2. The molecule has 0 aromatic heterocycles. The summed E-state index contributed by atoms with van der Waals surface area (Å²) in [5.74, 6) is -1.01. The van der Waals surface area contributed by atoms with Crippen LogP contribution in [0, 0.1) is 13.8 Å². The van der Waals surface area contributed by atoms with Crippen molar-refractivity contribution in [3.05, 3.63) is 58.7 Å². The lowest BCUT2D eigenvalue weighted by atomic mass is 10.1. The Kier molecular flexibility index (Phi) is 13.3. The third kappa shape index (κ3) is 14.0. The number of nitrogens with one attached hydrogen (secondary N) is 2. The maximum atomic E-state index is 9.76. The molecule has 0 fully saturated rings.